The zero-order chi connectivity index (χ0) is 31.0. The predicted molar refractivity (Wildman–Crippen MR) is 145 cm³/mol. The molecule has 0 aromatic carbocycles. The highest BCUT2D eigenvalue weighted by Crippen LogP contribution is 2.15. The van der Waals surface area contributed by atoms with Gasteiger partial charge in [-0.3, -0.25) is 19.4 Å². The molecule has 1 rings (SSSR count). The molecule has 0 radical (unpaired) electrons. The molecular formula is C27H42F3N5O6. The smallest absolute Gasteiger partial charge is 0.463 e. The Morgan fingerprint density at radius 3 is 2.39 bits per heavy atom. The fraction of sp³-hybridized carbons (Fsp3) is 0.667. The van der Waals surface area contributed by atoms with Crippen molar-refractivity contribution < 1.29 is 41.8 Å². The van der Waals surface area contributed by atoms with Gasteiger partial charge in [-0.15, -0.1) is 0 Å². The lowest BCUT2D eigenvalue weighted by Gasteiger charge is -2.22. The monoisotopic (exact) mass is 589 g/mol. The minimum Gasteiger partial charge on any atom is -0.463 e. The standard InChI is InChI=1S/C27H42F3N5O6/c1-6-35(14-13-34(4)5)12-9-22(36)18-31-17-21-15-20(7-10-32-21)25(38)41-23(16-24(37)40-19(2)3)8-11-33-26(39)27(28,29)30/h7,10,15,19,23,31H,6,8-9,11-14,16-18H2,1-5H3,(H,33,39). The lowest BCUT2D eigenvalue weighted by atomic mass is 10.1. The zero-order valence-electron chi connectivity index (χ0n) is 24.4. The molecule has 0 aliphatic carbocycles. The second-order valence-electron chi connectivity index (χ2n) is 9.98. The van der Waals surface area contributed by atoms with Crippen molar-refractivity contribution in [1.29, 1.82) is 0 Å². The molecule has 0 saturated carbocycles. The van der Waals surface area contributed by atoms with Crippen LogP contribution in [0.5, 0.6) is 0 Å². The summed E-state index contributed by atoms with van der Waals surface area (Å²) in [7, 11) is 3.99. The highest BCUT2D eigenvalue weighted by Gasteiger charge is 2.38. The van der Waals surface area contributed by atoms with E-state index in [1.807, 2.05) is 21.0 Å². The molecule has 0 saturated heterocycles. The van der Waals surface area contributed by atoms with E-state index in [1.54, 1.807) is 19.2 Å². The molecule has 1 heterocycles. The number of nitrogens with one attached hydrogen (secondary N) is 2. The van der Waals surface area contributed by atoms with Crippen molar-refractivity contribution in [2.45, 2.75) is 65.0 Å². The molecule has 41 heavy (non-hydrogen) atoms. The van der Waals surface area contributed by atoms with Crippen LogP contribution in [0.25, 0.3) is 0 Å². The predicted octanol–water partition coefficient (Wildman–Crippen LogP) is 1.95. The van der Waals surface area contributed by atoms with Crippen LogP contribution in [0.2, 0.25) is 0 Å². The van der Waals surface area contributed by atoms with Gasteiger partial charge >= 0.3 is 24.0 Å². The number of alkyl halides is 3. The highest BCUT2D eigenvalue weighted by atomic mass is 19.4. The molecule has 1 unspecified atom stereocenters. The fourth-order valence-corrected chi connectivity index (χ4v) is 3.54. The number of Topliss-reactive ketones (excluding diaryl/α,β-unsaturated/α-hetero) is 1. The van der Waals surface area contributed by atoms with Crippen molar-refractivity contribution >= 4 is 23.6 Å². The second-order valence-corrected chi connectivity index (χ2v) is 9.98. The van der Waals surface area contributed by atoms with Crippen LogP contribution in [0.3, 0.4) is 0 Å². The van der Waals surface area contributed by atoms with E-state index in [9.17, 15) is 32.3 Å². The van der Waals surface area contributed by atoms with Gasteiger partial charge in [0.05, 0.1) is 30.3 Å². The Kier molecular flexibility index (Phi) is 16.1. The maximum absolute atomic E-state index is 12.8. The number of ketones is 1. The first-order valence-electron chi connectivity index (χ1n) is 13.5. The first-order valence-corrected chi connectivity index (χ1v) is 13.5. The molecule has 0 spiro atoms. The topological polar surface area (TPSA) is 130 Å². The van der Waals surface area contributed by atoms with Crippen LogP contribution in [-0.4, -0.2) is 110 Å². The summed E-state index contributed by atoms with van der Waals surface area (Å²) < 4.78 is 47.8. The summed E-state index contributed by atoms with van der Waals surface area (Å²) in [5, 5.41) is 4.70. The maximum atomic E-state index is 12.8. The number of halogens is 3. The van der Waals surface area contributed by atoms with E-state index < -0.39 is 49.2 Å². The Morgan fingerprint density at radius 2 is 1.78 bits per heavy atom. The third-order valence-corrected chi connectivity index (χ3v) is 5.74. The minimum atomic E-state index is -5.06. The van der Waals surface area contributed by atoms with Crippen LogP contribution in [0, 0.1) is 0 Å². The van der Waals surface area contributed by atoms with Gasteiger partial charge in [0, 0.05) is 51.8 Å². The number of esters is 2. The highest BCUT2D eigenvalue weighted by molar-refractivity contribution is 5.89. The van der Waals surface area contributed by atoms with Crippen molar-refractivity contribution in [3.05, 3.63) is 29.6 Å². The number of aromatic nitrogens is 1. The van der Waals surface area contributed by atoms with Crippen LogP contribution in [0.1, 0.15) is 56.1 Å². The van der Waals surface area contributed by atoms with E-state index in [0.29, 0.717) is 18.7 Å². The van der Waals surface area contributed by atoms with Crippen molar-refractivity contribution in [2.75, 3.05) is 53.4 Å². The number of carbonyl (C=O) groups is 4. The molecule has 0 aliphatic rings. The van der Waals surface area contributed by atoms with Crippen molar-refractivity contribution in [3.8, 4) is 0 Å². The average molecular weight is 590 g/mol. The molecule has 2 N–H and O–H groups in total. The van der Waals surface area contributed by atoms with Gasteiger partial charge < -0.3 is 29.9 Å². The van der Waals surface area contributed by atoms with Crippen LogP contribution in [0.4, 0.5) is 13.2 Å². The third kappa shape index (κ3) is 16.1. The summed E-state index contributed by atoms with van der Waals surface area (Å²) in [5.74, 6) is -3.63. The lowest BCUT2D eigenvalue weighted by Crippen LogP contribution is -2.38. The van der Waals surface area contributed by atoms with Crippen LogP contribution in [-0.2, 0) is 30.4 Å². The van der Waals surface area contributed by atoms with Gasteiger partial charge in [-0.05, 0) is 46.6 Å². The van der Waals surface area contributed by atoms with Gasteiger partial charge in [0.1, 0.15) is 11.9 Å². The number of hydrogen-bond donors (Lipinski definition) is 2. The van der Waals surface area contributed by atoms with Crippen molar-refractivity contribution in [1.82, 2.24) is 25.4 Å². The molecule has 232 valence electrons. The second kappa shape index (κ2) is 18.4. The molecule has 1 aromatic rings. The van der Waals surface area contributed by atoms with Gasteiger partial charge in [-0.25, -0.2) is 4.79 Å². The minimum absolute atomic E-state index is 0.0395. The Labute approximate surface area is 239 Å². The summed E-state index contributed by atoms with van der Waals surface area (Å²) in [5.41, 5.74) is 0.561. The summed E-state index contributed by atoms with van der Waals surface area (Å²) >= 11 is 0. The fourth-order valence-electron chi connectivity index (χ4n) is 3.54. The van der Waals surface area contributed by atoms with Gasteiger partial charge in [0.25, 0.3) is 0 Å². The first kappa shape index (κ1) is 35.9. The molecule has 0 bridgehead atoms. The number of rotatable bonds is 19. The van der Waals surface area contributed by atoms with Crippen LogP contribution in [0.15, 0.2) is 18.3 Å². The third-order valence-electron chi connectivity index (χ3n) is 5.74. The van der Waals surface area contributed by atoms with Crippen molar-refractivity contribution in [2.24, 2.45) is 0 Å². The Balaban J connectivity index is 2.67. The number of amides is 1. The first-order chi connectivity index (χ1) is 19.2. The average Bonchev–Trinajstić information content (AvgIpc) is 2.87. The molecule has 11 nitrogen and oxygen atoms in total. The molecule has 1 amide bonds. The summed E-state index contributed by atoms with van der Waals surface area (Å²) in [6.07, 6.45) is -5.51. The molecule has 14 heteroatoms. The molecule has 0 fully saturated rings. The van der Waals surface area contributed by atoms with E-state index in [0.717, 1.165) is 19.6 Å². The van der Waals surface area contributed by atoms with Crippen molar-refractivity contribution in [3.63, 3.8) is 0 Å². The molecule has 1 aromatic heterocycles. The molecule has 0 aliphatic heterocycles. The normalized spacial score (nSPS) is 12.5. The lowest BCUT2D eigenvalue weighted by molar-refractivity contribution is -0.173. The Hall–Kier alpha value is -3.10. The van der Waals surface area contributed by atoms with E-state index in [-0.39, 0.29) is 30.9 Å². The van der Waals surface area contributed by atoms with E-state index in [1.165, 1.54) is 18.3 Å². The summed E-state index contributed by atoms with van der Waals surface area (Å²) in [6.45, 7) is 8.44. The number of likely N-dealkylation sites (N-methyl/N-ethyl adjacent to an activating group) is 2. The molecular weight excluding hydrogens is 547 g/mol. The largest absolute Gasteiger partial charge is 0.471 e. The van der Waals surface area contributed by atoms with Gasteiger partial charge in [-0.2, -0.15) is 13.2 Å². The number of pyridine rings is 1. The van der Waals surface area contributed by atoms with Gasteiger partial charge in [0.15, 0.2) is 0 Å². The van der Waals surface area contributed by atoms with E-state index >= 15 is 0 Å². The van der Waals surface area contributed by atoms with E-state index in [4.69, 9.17) is 9.47 Å². The SMILES string of the molecule is CCN(CCC(=O)CNCc1cc(C(=O)OC(CCNC(=O)C(F)(F)F)CC(=O)OC(C)C)ccn1)CCN(C)C. The van der Waals surface area contributed by atoms with E-state index in [2.05, 4.69) is 20.1 Å². The number of nitrogens with zero attached hydrogens (tertiary/aromatic N) is 3. The quantitative estimate of drug-likeness (QED) is 0.231. The van der Waals surface area contributed by atoms with Crippen LogP contribution < -0.4 is 10.6 Å². The number of carbonyl (C=O) groups excluding carboxylic acids is 4. The Bertz CT molecular complexity index is 990. The Morgan fingerprint density at radius 1 is 1.07 bits per heavy atom. The van der Waals surface area contributed by atoms with Gasteiger partial charge in [-0.1, -0.05) is 6.92 Å². The van der Waals surface area contributed by atoms with Gasteiger partial charge in [0.2, 0.25) is 0 Å². The van der Waals surface area contributed by atoms with Crippen LogP contribution >= 0.6 is 0 Å². The summed E-state index contributed by atoms with van der Waals surface area (Å²) in [6, 6.07) is 2.84. The molecule has 1 atom stereocenters. The number of ether oxygens (including phenoxy) is 2. The summed E-state index contributed by atoms with van der Waals surface area (Å²) in [4.78, 5) is 56.7. The zero-order valence-corrected chi connectivity index (χ0v) is 24.4. The maximum Gasteiger partial charge on any atom is 0.471 e. The number of hydrogen-bond acceptors (Lipinski definition) is 10.